The summed E-state index contributed by atoms with van der Waals surface area (Å²) in [4.78, 5) is 4.17. The van der Waals surface area contributed by atoms with Crippen molar-refractivity contribution >= 4 is 29.0 Å². The van der Waals surface area contributed by atoms with Gasteiger partial charge in [0, 0.05) is 12.7 Å². The van der Waals surface area contributed by atoms with E-state index in [1.54, 1.807) is 12.3 Å². The second-order valence-corrected chi connectivity index (χ2v) is 4.80. The first-order valence-corrected chi connectivity index (χ1v) is 6.58. The lowest BCUT2D eigenvalue weighted by Gasteiger charge is -2.10. The summed E-state index contributed by atoms with van der Waals surface area (Å²) in [5, 5.41) is 4.31. The molecular weight excluding hydrogens is 267 g/mol. The molecule has 0 saturated carbocycles. The van der Waals surface area contributed by atoms with Gasteiger partial charge in [-0.15, -0.1) is 0 Å². The minimum Gasteiger partial charge on any atom is -0.365 e. The lowest BCUT2D eigenvalue weighted by atomic mass is 10.1. The number of aromatic nitrogens is 1. The summed E-state index contributed by atoms with van der Waals surface area (Å²) >= 11 is 11.9. The molecule has 1 aromatic heterocycles. The zero-order valence-corrected chi connectivity index (χ0v) is 11.6. The molecule has 1 aromatic carbocycles. The van der Waals surface area contributed by atoms with Gasteiger partial charge in [0.1, 0.15) is 5.82 Å². The van der Waals surface area contributed by atoms with E-state index in [0.29, 0.717) is 22.4 Å². The van der Waals surface area contributed by atoms with E-state index < -0.39 is 0 Å². The van der Waals surface area contributed by atoms with Crippen molar-refractivity contribution < 1.29 is 0 Å². The highest BCUT2D eigenvalue weighted by atomic mass is 35.5. The smallest absolute Gasteiger partial charge is 0.145 e. The summed E-state index contributed by atoms with van der Waals surface area (Å²) in [6.07, 6.45) is 2.60. The van der Waals surface area contributed by atoms with Gasteiger partial charge in [-0.25, -0.2) is 4.98 Å². The normalized spacial score (nSPS) is 10.4. The molecule has 0 amide bonds. The molecular formula is C14H14Cl2N2. The summed E-state index contributed by atoms with van der Waals surface area (Å²) in [6.45, 7) is 2.85. The molecule has 0 spiro atoms. The molecule has 0 aliphatic carbocycles. The van der Waals surface area contributed by atoms with Gasteiger partial charge in [-0.1, -0.05) is 54.4 Å². The fraction of sp³-hybridized carbons (Fsp3) is 0.214. The molecule has 2 rings (SSSR count). The van der Waals surface area contributed by atoms with Crippen LogP contribution in [0.4, 0.5) is 5.82 Å². The van der Waals surface area contributed by atoms with E-state index >= 15 is 0 Å². The molecule has 0 saturated heterocycles. The van der Waals surface area contributed by atoms with Gasteiger partial charge in [0.25, 0.3) is 0 Å². The second kappa shape index (κ2) is 6.07. The zero-order chi connectivity index (χ0) is 13.0. The first-order chi connectivity index (χ1) is 8.70. The number of hydrogen-bond donors (Lipinski definition) is 1. The van der Waals surface area contributed by atoms with Crippen molar-refractivity contribution in [1.29, 1.82) is 0 Å². The predicted octanol–water partition coefficient (Wildman–Crippen LogP) is 4.56. The second-order valence-electron chi connectivity index (χ2n) is 3.96. The maximum absolute atomic E-state index is 6.06. The average Bonchev–Trinajstić information content (AvgIpc) is 2.38. The van der Waals surface area contributed by atoms with Crippen molar-refractivity contribution in [2.45, 2.75) is 19.9 Å². The lowest BCUT2D eigenvalue weighted by Crippen LogP contribution is -2.04. The molecule has 0 atom stereocenters. The SMILES string of the molecule is CCc1ccccc1CNc1ncc(Cl)cc1Cl. The van der Waals surface area contributed by atoms with Crippen molar-refractivity contribution in [2.75, 3.05) is 5.32 Å². The van der Waals surface area contributed by atoms with Crippen LogP contribution in [0.2, 0.25) is 10.0 Å². The topological polar surface area (TPSA) is 24.9 Å². The molecule has 2 nitrogen and oxygen atoms in total. The predicted molar refractivity (Wildman–Crippen MR) is 77.4 cm³/mol. The molecule has 94 valence electrons. The molecule has 2 aromatic rings. The molecule has 1 heterocycles. The molecule has 0 bridgehead atoms. The Balaban J connectivity index is 2.11. The Morgan fingerprint density at radius 2 is 1.89 bits per heavy atom. The average molecular weight is 281 g/mol. The van der Waals surface area contributed by atoms with E-state index in [4.69, 9.17) is 23.2 Å². The van der Waals surface area contributed by atoms with Gasteiger partial charge >= 0.3 is 0 Å². The number of rotatable bonds is 4. The van der Waals surface area contributed by atoms with Gasteiger partial charge in [0.2, 0.25) is 0 Å². The Labute approximate surface area is 117 Å². The highest BCUT2D eigenvalue weighted by Gasteiger charge is 2.04. The summed E-state index contributed by atoms with van der Waals surface area (Å²) in [5.41, 5.74) is 2.59. The van der Waals surface area contributed by atoms with E-state index in [-0.39, 0.29) is 0 Å². The van der Waals surface area contributed by atoms with Crippen molar-refractivity contribution in [1.82, 2.24) is 4.98 Å². The number of benzene rings is 1. The highest BCUT2D eigenvalue weighted by molar-refractivity contribution is 6.35. The van der Waals surface area contributed by atoms with Gasteiger partial charge in [0.15, 0.2) is 0 Å². The first-order valence-electron chi connectivity index (χ1n) is 5.82. The number of anilines is 1. The van der Waals surface area contributed by atoms with Gasteiger partial charge in [-0.2, -0.15) is 0 Å². The van der Waals surface area contributed by atoms with Crippen LogP contribution < -0.4 is 5.32 Å². The largest absolute Gasteiger partial charge is 0.365 e. The molecule has 0 fully saturated rings. The number of nitrogens with one attached hydrogen (secondary N) is 1. The van der Waals surface area contributed by atoms with Gasteiger partial charge in [-0.3, -0.25) is 0 Å². The van der Waals surface area contributed by atoms with E-state index in [0.717, 1.165) is 6.42 Å². The number of aryl methyl sites for hydroxylation is 1. The number of pyridine rings is 1. The third-order valence-electron chi connectivity index (χ3n) is 2.75. The Hall–Kier alpha value is -1.25. The summed E-state index contributed by atoms with van der Waals surface area (Å²) in [5.74, 6) is 0.659. The van der Waals surface area contributed by atoms with Crippen LogP contribution in [-0.4, -0.2) is 4.98 Å². The monoisotopic (exact) mass is 280 g/mol. The minimum absolute atomic E-state index is 0.538. The molecule has 0 radical (unpaired) electrons. The summed E-state index contributed by atoms with van der Waals surface area (Å²) < 4.78 is 0. The van der Waals surface area contributed by atoms with Crippen LogP contribution in [-0.2, 0) is 13.0 Å². The van der Waals surface area contributed by atoms with Crippen LogP contribution in [0.25, 0.3) is 0 Å². The Morgan fingerprint density at radius 3 is 2.56 bits per heavy atom. The third-order valence-corrected chi connectivity index (χ3v) is 3.25. The molecule has 4 heteroatoms. The molecule has 0 unspecified atom stereocenters. The van der Waals surface area contributed by atoms with Crippen LogP contribution in [0, 0.1) is 0 Å². The summed E-state index contributed by atoms with van der Waals surface area (Å²) in [7, 11) is 0. The van der Waals surface area contributed by atoms with Gasteiger partial charge in [0.05, 0.1) is 10.0 Å². The van der Waals surface area contributed by atoms with Crippen LogP contribution in [0.15, 0.2) is 36.5 Å². The van der Waals surface area contributed by atoms with Gasteiger partial charge in [-0.05, 0) is 23.6 Å². The molecule has 1 N–H and O–H groups in total. The van der Waals surface area contributed by atoms with Crippen molar-refractivity contribution in [3.8, 4) is 0 Å². The third kappa shape index (κ3) is 3.15. The van der Waals surface area contributed by atoms with E-state index in [1.807, 2.05) is 6.07 Å². The van der Waals surface area contributed by atoms with Crippen LogP contribution >= 0.6 is 23.2 Å². The summed E-state index contributed by atoms with van der Waals surface area (Å²) in [6, 6.07) is 10.0. The van der Waals surface area contributed by atoms with Crippen LogP contribution in [0.3, 0.4) is 0 Å². The van der Waals surface area contributed by atoms with Crippen molar-refractivity contribution in [2.24, 2.45) is 0 Å². The number of halogens is 2. The lowest BCUT2D eigenvalue weighted by molar-refractivity contribution is 1.03. The Bertz CT molecular complexity index is 541. The molecule has 18 heavy (non-hydrogen) atoms. The highest BCUT2D eigenvalue weighted by Crippen LogP contribution is 2.23. The maximum atomic E-state index is 6.06. The fourth-order valence-corrected chi connectivity index (χ4v) is 2.25. The van der Waals surface area contributed by atoms with Crippen molar-refractivity contribution in [3.05, 3.63) is 57.7 Å². The van der Waals surface area contributed by atoms with E-state index in [1.165, 1.54) is 11.1 Å². The standard InChI is InChI=1S/C14H14Cl2N2/c1-2-10-5-3-4-6-11(10)8-17-14-13(16)7-12(15)9-18-14/h3-7,9H,2,8H2,1H3,(H,17,18). The number of hydrogen-bond acceptors (Lipinski definition) is 2. The van der Waals surface area contributed by atoms with Gasteiger partial charge < -0.3 is 5.32 Å². The first kappa shape index (κ1) is 13.2. The zero-order valence-electron chi connectivity index (χ0n) is 10.1. The molecule has 0 aliphatic rings. The Morgan fingerprint density at radius 1 is 1.17 bits per heavy atom. The van der Waals surface area contributed by atoms with Crippen molar-refractivity contribution in [3.63, 3.8) is 0 Å². The molecule has 0 aliphatic heterocycles. The van der Waals surface area contributed by atoms with Crippen LogP contribution in [0.5, 0.6) is 0 Å². The van der Waals surface area contributed by atoms with E-state index in [9.17, 15) is 0 Å². The maximum Gasteiger partial charge on any atom is 0.145 e. The fourth-order valence-electron chi connectivity index (χ4n) is 1.80. The van der Waals surface area contributed by atoms with Crippen LogP contribution in [0.1, 0.15) is 18.1 Å². The quantitative estimate of drug-likeness (QED) is 0.888. The minimum atomic E-state index is 0.538. The van der Waals surface area contributed by atoms with E-state index in [2.05, 4.69) is 35.4 Å². The number of nitrogens with zero attached hydrogens (tertiary/aromatic N) is 1. The Kier molecular flexibility index (Phi) is 4.45.